The molecule has 0 unspecified atom stereocenters. The van der Waals surface area contributed by atoms with Gasteiger partial charge in [-0.2, -0.15) is 0 Å². The quantitative estimate of drug-likeness (QED) is 0.0622. The first kappa shape index (κ1) is 54.5. The highest BCUT2D eigenvalue weighted by molar-refractivity contribution is 6.32. The second-order valence-electron chi connectivity index (χ2n) is 14.8. The lowest BCUT2D eigenvalue weighted by atomic mass is 10.1. The predicted octanol–water partition coefficient (Wildman–Crippen LogP) is 11.8. The van der Waals surface area contributed by atoms with E-state index >= 15 is 0 Å². The van der Waals surface area contributed by atoms with Crippen molar-refractivity contribution in [3.05, 3.63) is 177 Å². The molecule has 0 spiro atoms. The number of aliphatic carboxylic acids is 1. The van der Waals surface area contributed by atoms with Gasteiger partial charge in [0.25, 0.3) is 0 Å². The number of rotatable bonds is 22. The van der Waals surface area contributed by atoms with E-state index in [1.807, 2.05) is 97.1 Å². The monoisotopic (exact) mass is 979 g/mol. The van der Waals surface area contributed by atoms with Gasteiger partial charge in [-0.25, -0.2) is 4.79 Å². The number of nitrogens with two attached hydrogens (primary N) is 1. The van der Waals surface area contributed by atoms with E-state index in [1.54, 1.807) is 64.9 Å². The van der Waals surface area contributed by atoms with E-state index < -0.39 is 5.97 Å². The summed E-state index contributed by atoms with van der Waals surface area (Å²) in [6, 6.07) is 38.5. The number of hydrogen-bond acceptors (Lipinski definition) is 11. The van der Waals surface area contributed by atoms with E-state index in [4.69, 9.17) is 71.9 Å². The van der Waals surface area contributed by atoms with E-state index in [0.717, 1.165) is 52.7 Å². The van der Waals surface area contributed by atoms with Gasteiger partial charge in [-0.3, -0.25) is 4.79 Å². The normalized spacial score (nSPS) is 10.6. The molecular formula is C55H59Cl2NO11. The van der Waals surface area contributed by atoms with Crippen molar-refractivity contribution in [3.63, 3.8) is 0 Å². The lowest BCUT2D eigenvalue weighted by Gasteiger charge is -2.12. The largest absolute Gasteiger partial charge is 0.493 e. The van der Waals surface area contributed by atoms with Crippen molar-refractivity contribution in [2.24, 2.45) is 5.73 Å². The van der Waals surface area contributed by atoms with Gasteiger partial charge in [0.15, 0.2) is 51.8 Å². The molecule has 0 aliphatic rings. The summed E-state index contributed by atoms with van der Waals surface area (Å²) in [5.41, 5.74) is 11.3. The Bertz CT molecular complexity index is 2600. The average Bonchev–Trinajstić information content (AvgIpc) is 3.37. The van der Waals surface area contributed by atoms with Crippen LogP contribution in [0.2, 0.25) is 10.0 Å². The fraction of sp³-hybridized carbons (Fsp3) is 0.236. The van der Waals surface area contributed by atoms with Crippen molar-refractivity contribution >= 4 is 47.1 Å². The molecule has 0 aliphatic carbocycles. The van der Waals surface area contributed by atoms with Gasteiger partial charge in [0.1, 0.15) is 13.2 Å². The van der Waals surface area contributed by atoms with Crippen molar-refractivity contribution in [1.82, 2.24) is 0 Å². The number of hydrogen-bond donors (Lipinski definition) is 2. The van der Waals surface area contributed by atoms with Crippen LogP contribution in [0.25, 0.3) is 12.2 Å². The van der Waals surface area contributed by atoms with Crippen LogP contribution in [-0.2, 0) is 35.6 Å². The molecule has 364 valence electrons. The Hall–Kier alpha value is -7.12. The average molecular weight is 981 g/mol. The zero-order valence-corrected chi connectivity index (χ0v) is 41.2. The number of methoxy groups -OCH3 is 6. The molecular weight excluding hydrogens is 922 g/mol. The van der Waals surface area contributed by atoms with Gasteiger partial charge in [0.05, 0.1) is 52.7 Å². The minimum atomic E-state index is -1.04. The molecule has 0 atom stereocenters. The van der Waals surface area contributed by atoms with E-state index in [2.05, 4.69) is 0 Å². The molecule has 0 saturated heterocycles. The number of carboxylic acids is 1. The minimum Gasteiger partial charge on any atom is -0.493 e. The second kappa shape index (κ2) is 29.6. The van der Waals surface area contributed by atoms with Gasteiger partial charge >= 0.3 is 5.97 Å². The first-order valence-corrected chi connectivity index (χ1v) is 22.5. The highest BCUT2D eigenvalue weighted by atomic mass is 35.5. The summed E-state index contributed by atoms with van der Waals surface area (Å²) in [7, 11) is 9.38. The van der Waals surface area contributed by atoms with Crippen LogP contribution >= 0.6 is 23.2 Å². The number of ether oxygens (including phenoxy) is 8. The van der Waals surface area contributed by atoms with Crippen LogP contribution in [0.5, 0.6) is 46.0 Å². The SMILES string of the molecule is COc1cc(Cl)c(/C=C/C(=O)CCCc2ccc(OC)c(OCc3ccccc3)c2)cc1OC.COc1cc(Cl)c(/C=C/C(=O)O)cc1OC.COc1ccc(CCN)cc1OCc1ccccc1. The Morgan fingerprint density at radius 3 is 1.30 bits per heavy atom. The molecule has 0 saturated carbocycles. The van der Waals surface area contributed by atoms with Crippen LogP contribution in [0, 0.1) is 0 Å². The van der Waals surface area contributed by atoms with E-state index in [1.165, 1.54) is 20.3 Å². The molecule has 69 heavy (non-hydrogen) atoms. The molecule has 0 fully saturated rings. The number of halogens is 2. The summed E-state index contributed by atoms with van der Waals surface area (Å²) >= 11 is 12.2. The lowest BCUT2D eigenvalue weighted by Crippen LogP contribution is -2.04. The van der Waals surface area contributed by atoms with Gasteiger partial charge in [-0.05, 0) is 114 Å². The summed E-state index contributed by atoms with van der Waals surface area (Å²) in [5, 5.41) is 9.39. The first-order valence-electron chi connectivity index (χ1n) is 21.8. The molecule has 0 radical (unpaired) electrons. The summed E-state index contributed by atoms with van der Waals surface area (Å²) in [5.74, 6) is 3.98. The molecule has 0 aliphatic heterocycles. The minimum absolute atomic E-state index is 0.0277. The van der Waals surface area contributed by atoms with E-state index in [0.29, 0.717) is 88.3 Å². The lowest BCUT2D eigenvalue weighted by molar-refractivity contribution is -0.131. The van der Waals surface area contributed by atoms with Crippen LogP contribution in [-0.4, -0.2) is 66.1 Å². The van der Waals surface area contributed by atoms with E-state index in [-0.39, 0.29) is 5.78 Å². The van der Waals surface area contributed by atoms with Crippen molar-refractivity contribution < 1.29 is 52.6 Å². The van der Waals surface area contributed by atoms with Crippen molar-refractivity contribution in [2.45, 2.75) is 38.9 Å². The number of carbonyl (C=O) groups is 2. The highest BCUT2D eigenvalue weighted by Gasteiger charge is 2.12. The maximum Gasteiger partial charge on any atom is 0.328 e. The van der Waals surface area contributed by atoms with Crippen molar-refractivity contribution in [3.8, 4) is 46.0 Å². The summed E-state index contributed by atoms with van der Waals surface area (Å²) in [4.78, 5) is 22.8. The molecule has 12 nitrogen and oxygen atoms in total. The molecule has 6 aromatic carbocycles. The Balaban J connectivity index is 0.000000249. The summed E-state index contributed by atoms with van der Waals surface area (Å²) in [6.07, 6.45) is 8.39. The number of allylic oxidation sites excluding steroid dienone is 1. The number of aryl methyl sites for hydroxylation is 1. The maximum atomic E-state index is 12.4. The number of benzene rings is 6. The van der Waals surface area contributed by atoms with E-state index in [9.17, 15) is 9.59 Å². The van der Waals surface area contributed by atoms with Gasteiger partial charge < -0.3 is 48.7 Å². The third-order valence-electron chi connectivity index (χ3n) is 10.1. The fourth-order valence-electron chi connectivity index (χ4n) is 6.51. The predicted molar refractivity (Wildman–Crippen MR) is 273 cm³/mol. The number of carbonyl (C=O) groups excluding carboxylic acids is 1. The maximum absolute atomic E-state index is 12.4. The first-order chi connectivity index (χ1) is 33.4. The molecule has 6 rings (SSSR count). The third-order valence-corrected chi connectivity index (χ3v) is 10.8. The van der Waals surface area contributed by atoms with Crippen LogP contribution in [0.3, 0.4) is 0 Å². The molecule has 3 N–H and O–H groups in total. The van der Waals surface area contributed by atoms with Crippen LogP contribution in [0.15, 0.2) is 133 Å². The third kappa shape index (κ3) is 18.1. The fourth-order valence-corrected chi connectivity index (χ4v) is 6.94. The van der Waals surface area contributed by atoms with Crippen molar-refractivity contribution in [2.75, 3.05) is 49.2 Å². The van der Waals surface area contributed by atoms with Gasteiger partial charge in [0, 0.05) is 24.6 Å². The van der Waals surface area contributed by atoms with Gasteiger partial charge in [-0.1, -0.05) is 96.0 Å². The topological polar surface area (TPSA) is 154 Å². The molecule has 0 bridgehead atoms. The molecule has 0 amide bonds. The number of ketones is 1. The van der Waals surface area contributed by atoms with Gasteiger partial charge in [0.2, 0.25) is 0 Å². The highest BCUT2D eigenvalue weighted by Crippen LogP contribution is 2.35. The van der Waals surface area contributed by atoms with Crippen LogP contribution in [0.4, 0.5) is 0 Å². The Labute approximate surface area is 414 Å². The molecule has 6 aromatic rings. The van der Waals surface area contributed by atoms with Crippen LogP contribution < -0.4 is 43.6 Å². The molecule has 0 heterocycles. The Kier molecular flexibility index (Phi) is 23.4. The van der Waals surface area contributed by atoms with Crippen LogP contribution in [0.1, 0.15) is 46.2 Å². The number of carboxylic acid groups (broad SMARTS) is 1. The summed E-state index contributed by atoms with van der Waals surface area (Å²) < 4.78 is 43.2. The standard InChI is InChI=1S/C28H29ClO5.C16H19NO2.C11H11ClO4/c1-31-25-15-12-20(16-28(25)34-19-21-8-5-4-6-9-21)10-7-11-23(30)14-13-22-17-26(32-2)27(33-3)18-24(22)29;1-18-15-8-7-13(9-10-17)11-16(15)19-12-14-5-3-2-4-6-14;1-15-9-5-7(3-4-11(13)14)8(12)6-10(9)16-2/h4-6,8-9,12-18H,7,10-11,19H2,1-3H3;2-8,11H,9-10,12,17H2,1H3;3-6H,1-2H3,(H,13,14)/b14-13+;;4-3+. The van der Waals surface area contributed by atoms with Gasteiger partial charge in [-0.15, -0.1) is 0 Å². The zero-order chi connectivity index (χ0) is 50.0. The Morgan fingerprint density at radius 1 is 0.493 bits per heavy atom. The summed E-state index contributed by atoms with van der Waals surface area (Å²) in [6.45, 7) is 1.62. The smallest absolute Gasteiger partial charge is 0.328 e. The Morgan fingerprint density at radius 2 is 0.899 bits per heavy atom. The molecule has 14 heteroatoms. The second-order valence-corrected chi connectivity index (χ2v) is 15.7. The zero-order valence-electron chi connectivity index (χ0n) is 39.7. The van der Waals surface area contributed by atoms with Crippen molar-refractivity contribution in [1.29, 1.82) is 0 Å². The molecule has 0 aromatic heterocycles.